The monoisotopic (exact) mass is 308 g/mol. The molecule has 1 atom stereocenters. The van der Waals surface area contributed by atoms with E-state index in [4.69, 9.17) is 4.74 Å². The highest BCUT2D eigenvalue weighted by molar-refractivity contribution is 5.94. The molecule has 0 aliphatic heterocycles. The fraction of sp³-hybridized carbons (Fsp3) is 0.263. The summed E-state index contributed by atoms with van der Waals surface area (Å²) in [6.07, 6.45) is 1.30. The Labute approximate surface area is 136 Å². The molecule has 0 spiro atoms. The van der Waals surface area contributed by atoms with Crippen molar-refractivity contribution in [1.82, 2.24) is 0 Å². The summed E-state index contributed by atoms with van der Waals surface area (Å²) in [7, 11) is 1.59. The van der Waals surface area contributed by atoms with Crippen LogP contribution >= 0.6 is 0 Å². The fourth-order valence-electron chi connectivity index (χ4n) is 2.29. The predicted molar refractivity (Wildman–Crippen MR) is 90.3 cm³/mol. The molecule has 118 valence electrons. The Morgan fingerprint density at radius 3 is 2.57 bits per heavy atom. The summed E-state index contributed by atoms with van der Waals surface area (Å²) in [6, 6.07) is 17.1. The molecule has 0 saturated carbocycles. The lowest BCUT2D eigenvalue weighted by Gasteiger charge is -2.11. The van der Waals surface area contributed by atoms with E-state index in [2.05, 4.69) is 18.3 Å². The van der Waals surface area contributed by atoms with E-state index >= 15 is 0 Å². The van der Waals surface area contributed by atoms with Gasteiger partial charge in [0.1, 0.15) is 11.7 Å². The summed E-state index contributed by atoms with van der Waals surface area (Å²) in [5, 5.41) is 12.1. The van der Waals surface area contributed by atoms with E-state index in [1.54, 1.807) is 7.11 Å². The molecule has 0 heterocycles. The molecule has 0 unspecified atom stereocenters. The number of nitriles is 1. The lowest BCUT2D eigenvalue weighted by atomic mass is 9.99. The Balaban J connectivity index is 2.04. The molecule has 0 saturated heterocycles. The first-order valence-corrected chi connectivity index (χ1v) is 7.58. The van der Waals surface area contributed by atoms with E-state index in [9.17, 15) is 10.1 Å². The van der Waals surface area contributed by atoms with Crippen LogP contribution in [0.2, 0.25) is 0 Å². The molecule has 0 fully saturated rings. The van der Waals surface area contributed by atoms with Gasteiger partial charge in [-0.3, -0.25) is 4.79 Å². The Kier molecular flexibility index (Phi) is 5.76. The van der Waals surface area contributed by atoms with E-state index in [1.165, 1.54) is 5.56 Å². The van der Waals surface area contributed by atoms with Gasteiger partial charge in [-0.05, 0) is 48.2 Å². The van der Waals surface area contributed by atoms with Gasteiger partial charge in [0.05, 0.1) is 13.2 Å². The van der Waals surface area contributed by atoms with Gasteiger partial charge in [0.2, 0.25) is 5.91 Å². The van der Waals surface area contributed by atoms with Crippen molar-refractivity contribution in [3.63, 3.8) is 0 Å². The second kappa shape index (κ2) is 8.00. The quantitative estimate of drug-likeness (QED) is 0.887. The van der Waals surface area contributed by atoms with Gasteiger partial charge in [0.15, 0.2) is 0 Å². The van der Waals surface area contributed by atoms with E-state index in [0.29, 0.717) is 12.1 Å². The molecule has 0 aromatic heterocycles. The number of amides is 1. The second-order valence-electron chi connectivity index (χ2n) is 5.28. The van der Waals surface area contributed by atoms with Crippen LogP contribution in [0, 0.1) is 17.2 Å². The van der Waals surface area contributed by atoms with Gasteiger partial charge in [0, 0.05) is 5.69 Å². The Morgan fingerprint density at radius 1 is 1.22 bits per heavy atom. The number of carbonyl (C=O) groups excluding carboxylic acids is 1. The van der Waals surface area contributed by atoms with Crippen LogP contribution in [-0.2, 0) is 17.6 Å². The maximum atomic E-state index is 12.3. The number of anilines is 1. The van der Waals surface area contributed by atoms with Gasteiger partial charge in [-0.25, -0.2) is 0 Å². The highest BCUT2D eigenvalue weighted by Crippen LogP contribution is 2.17. The van der Waals surface area contributed by atoms with Crippen molar-refractivity contribution in [2.24, 2.45) is 5.92 Å². The number of nitrogens with one attached hydrogen (secondary N) is 1. The zero-order valence-corrected chi connectivity index (χ0v) is 13.4. The van der Waals surface area contributed by atoms with Gasteiger partial charge in [-0.1, -0.05) is 31.2 Å². The number of nitrogens with zero attached hydrogens (tertiary/aromatic N) is 1. The minimum atomic E-state index is -0.743. The van der Waals surface area contributed by atoms with Crippen LogP contribution in [0.25, 0.3) is 0 Å². The predicted octanol–water partition coefficient (Wildman–Crippen LogP) is 3.58. The van der Waals surface area contributed by atoms with Crippen molar-refractivity contribution in [3.05, 3.63) is 59.7 Å². The number of rotatable bonds is 6. The summed E-state index contributed by atoms with van der Waals surface area (Å²) in [4.78, 5) is 12.3. The van der Waals surface area contributed by atoms with Crippen LogP contribution < -0.4 is 10.1 Å². The third kappa shape index (κ3) is 4.58. The number of benzene rings is 2. The summed E-state index contributed by atoms with van der Waals surface area (Å²) in [5.74, 6) is -0.317. The Morgan fingerprint density at radius 2 is 1.96 bits per heavy atom. The van der Waals surface area contributed by atoms with Crippen LogP contribution in [0.4, 0.5) is 5.69 Å². The third-order valence-corrected chi connectivity index (χ3v) is 3.68. The van der Waals surface area contributed by atoms with E-state index < -0.39 is 5.92 Å². The molecule has 2 aromatic rings. The minimum absolute atomic E-state index is 0.292. The molecule has 0 radical (unpaired) electrons. The SMILES string of the molecule is CCc1ccc(NC(=O)[C@H](C#N)Cc2cccc(OC)c2)cc1. The summed E-state index contributed by atoms with van der Waals surface area (Å²) in [6.45, 7) is 2.08. The van der Waals surface area contributed by atoms with Crippen LogP contribution in [0.5, 0.6) is 5.75 Å². The zero-order chi connectivity index (χ0) is 16.7. The molecule has 1 N–H and O–H groups in total. The summed E-state index contributed by atoms with van der Waals surface area (Å²) in [5.41, 5.74) is 2.81. The number of methoxy groups -OCH3 is 1. The zero-order valence-electron chi connectivity index (χ0n) is 13.4. The second-order valence-corrected chi connectivity index (χ2v) is 5.28. The number of carbonyl (C=O) groups is 1. The van der Waals surface area contributed by atoms with E-state index in [0.717, 1.165) is 17.7 Å². The highest BCUT2D eigenvalue weighted by atomic mass is 16.5. The van der Waals surface area contributed by atoms with Gasteiger partial charge < -0.3 is 10.1 Å². The molecule has 23 heavy (non-hydrogen) atoms. The minimum Gasteiger partial charge on any atom is -0.497 e. The maximum absolute atomic E-state index is 12.3. The van der Waals surface area contributed by atoms with Crippen molar-refractivity contribution in [2.75, 3.05) is 12.4 Å². The molecular formula is C19H20N2O2. The number of aryl methyl sites for hydroxylation is 1. The number of ether oxygens (including phenoxy) is 1. The van der Waals surface area contributed by atoms with Gasteiger partial charge in [0.25, 0.3) is 0 Å². The maximum Gasteiger partial charge on any atom is 0.242 e. The molecule has 4 heteroatoms. The number of hydrogen-bond acceptors (Lipinski definition) is 3. The van der Waals surface area contributed by atoms with E-state index in [1.807, 2.05) is 48.5 Å². The molecule has 0 aliphatic carbocycles. The van der Waals surface area contributed by atoms with Gasteiger partial charge in [-0.15, -0.1) is 0 Å². The molecule has 1 amide bonds. The van der Waals surface area contributed by atoms with Crippen LogP contribution in [0.3, 0.4) is 0 Å². The fourth-order valence-corrected chi connectivity index (χ4v) is 2.29. The normalized spacial score (nSPS) is 11.3. The lowest BCUT2D eigenvalue weighted by Crippen LogP contribution is -2.23. The lowest BCUT2D eigenvalue weighted by molar-refractivity contribution is -0.118. The van der Waals surface area contributed by atoms with Crippen molar-refractivity contribution < 1.29 is 9.53 Å². The van der Waals surface area contributed by atoms with Crippen molar-refractivity contribution in [3.8, 4) is 11.8 Å². The van der Waals surface area contributed by atoms with Crippen molar-refractivity contribution >= 4 is 11.6 Å². The number of hydrogen-bond donors (Lipinski definition) is 1. The third-order valence-electron chi connectivity index (χ3n) is 3.68. The van der Waals surface area contributed by atoms with Gasteiger partial charge in [-0.2, -0.15) is 5.26 Å². The van der Waals surface area contributed by atoms with Crippen molar-refractivity contribution in [1.29, 1.82) is 5.26 Å². The standard InChI is InChI=1S/C19H20N2O2/c1-3-14-7-9-17(10-8-14)21-19(22)16(13-20)11-15-5-4-6-18(12-15)23-2/h4-10,12,16H,3,11H2,1-2H3,(H,21,22)/t16-/m0/s1. The van der Waals surface area contributed by atoms with E-state index in [-0.39, 0.29) is 5.91 Å². The molecule has 2 rings (SSSR count). The molecule has 2 aromatic carbocycles. The first-order chi connectivity index (χ1) is 11.2. The van der Waals surface area contributed by atoms with Crippen LogP contribution in [-0.4, -0.2) is 13.0 Å². The van der Waals surface area contributed by atoms with Gasteiger partial charge >= 0.3 is 0 Å². The molecular weight excluding hydrogens is 288 g/mol. The largest absolute Gasteiger partial charge is 0.497 e. The average Bonchev–Trinajstić information content (AvgIpc) is 2.60. The highest BCUT2D eigenvalue weighted by Gasteiger charge is 2.18. The van der Waals surface area contributed by atoms with Crippen LogP contribution in [0.15, 0.2) is 48.5 Å². The summed E-state index contributed by atoms with van der Waals surface area (Å²) < 4.78 is 5.16. The first kappa shape index (κ1) is 16.6. The Hall–Kier alpha value is -2.80. The topological polar surface area (TPSA) is 62.1 Å². The first-order valence-electron chi connectivity index (χ1n) is 7.58. The smallest absolute Gasteiger partial charge is 0.242 e. The Bertz CT molecular complexity index is 702. The molecule has 0 aliphatic rings. The summed E-state index contributed by atoms with van der Waals surface area (Å²) >= 11 is 0. The molecule has 0 bridgehead atoms. The molecule has 4 nitrogen and oxygen atoms in total. The van der Waals surface area contributed by atoms with Crippen LogP contribution in [0.1, 0.15) is 18.1 Å². The van der Waals surface area contributed by atoms with Crippen molar-refractivity contribution in [2.45, 2.75) is 19.8 Å². The average molecular weight is 308 g/mol.